The molecule has 0 saturated carbocycles. The molecule has 0 aliphatic rings. The summed E-state index contributed by atoms with van der Waals surface area (Å²) in [6, 6.07) is 13.2. The Kier molecular flexibility index (Phi) is 3.69. The van der Waals surface area contributed by atoms with Gasteiger partial charge < -0.3 is 0 Å². The Labute approximate surface area is 129 Å². The van der Waals surface area contributed by atoms with Gasteiger partial charge >= 0.3 is 0 Å². The van der Waals surface area contributed by atoms with Gasteiger partial charge in [-0.15, -0.1) is 0 Å². The minimum absolute atomic E-state index is 0.401. The van der Waals surface area contributed by atoms with Crippen molar-refractivity contribution in [3.05, 3.63) is 81.9 Å². The molecule has 0 unspecified atom stereocenters. The maximum absolute atomic E-state index is 14.0. The van der Waals surface area contributed by atoms with E-state index in [0.29, 0.717) is 12.0 Å². The lowest BCUT2D eigenvalue weighted by Gasteiger charge is -2.10. The zero-order chi connectivity index (χ0) is 15.9. The average Bonchev–Trinajstić information content (AvgIpc) is 2.49. The van der Waals surface area contributed by atoms with Crippen LogP contribution in [0.4, 0.5) is 8.78 Å². The first-order chi connectivity index (χ1) is 10.5. The van der Waals surface area contributed by atoms with Crippen LogP contribution in [0.1, 0.15) is 27.8 Å². The first-order valence-electron chi connectivity index (χ1n) is 7.39. The van der Waals surface area contributed by atoms with Crippen molar-refractivity contribution < 1.29 is 8.78 Å². The van der Waals surface area contributed by atoms with Gasteiger partial charge in [0.1, 0.15) is 0 Å². The van der Waals surface area contributed by atoms with E-state index in [1.165, 1.54) is 22.6 Å². The lowest BCUT2D eigenvalue weighted by molar-refractivity contribution is 0.499. The maximum Gasteiger partial charge on any atom is 0.162 e. The van der Waals surface area contributed by atoms with Gasteiger partial charge in [0.2, 0.25) is 0 Å². The fraction of sp³-hybridized carbons (Fsp3) is 0.200. The minimum atomic E-state index is -0.784. The molecule has 0 aliphatic carbocycles. The van der Waals surface area contributed by atoms with Gasteiger partial charge in [-0.1, -0.05) is 36.4 Å². The molecule has 0 radical (unpaired) electrons. The predicted molar refractivity (Wildman–Crippen MR) is 87.3 cm³/mol. The largest absolute Gasteiger partial charge is 0.204 e. The Balaban J connectivity index is 2.05. The Hall–Kier alpha value is -2.22. The molecule has 0 heterocycles. The zero-order valence-corrected chi connectivity index (χ0v) is 13.0. The van der Waals surface area contributed by atoms with Gasteiger partial charge in [0.25, 0.3) is 0 Å². The van der Waals surface area contributed by atoms with Gasteiger partial charge in [-0.2, -0.15) is 0 Å². The molecular weight excluding hydrogens is 278 g/mol. The summed E-state index contributed by atoms with van der Waals surface area (Å²) in [6.45, 7) is 5.98. The maximum atomic E-state index is 14.0. The molecule has 0 bridgehead atoms. The highest BCUT2D eigenvalue weighted by atomic mass is 19.2. The molecule has 0 aliphatic heterocycles. The van der Waals surface area contributed by atoms with E-state index in [-0.39, 0.29) is 0 Å². The summed E-state index contributed by atoms with van der Waals surface area (Å²) in [6.07, 6.45) is 0.401. The van der Waals surface area contributed by atoms with Gasteiger partial charge in [0.15, 0.2) is 11.6 Å². The fourth-order valence-electron chi connectivity index (χ4n) is 2.80. The summed E-state index contributed by atoms with van der Waals surface area (Å²) in [4.78, 5) is 0. The summed E-state index contributed by atoms with van der Waals surface area (Å²) in [5.41, 5.74) is 4.69. The van der Waals surface area contributed by atoms with Gasteiger partial charge in [-0.25, -0.2) is 8.78 Å². The van der Waals surface area contributed by atoms with E-state index in [9.17, 15) is 8.78 Å². The minimum Gasteiger partial charge on any atom is -0.204 e. The number of aryl methyl sites for hydroxylation is 3. The van der Waals surface area contributed by atoms with E-state index in [2.05, 4.69) is 32.0 Å². The fourth-order valence-corrected chi connectivity index (χ4v) is 2.80. The lowest BCUT2D eigenvalue weighted by Crippen LogP contribution is -1.99. The Morgan fingerprint density at radius 3 is 2.14 bits per heavy atom. The van der Waals surface area contributed by atoms with Crippen LogP contribution in [-0.4, -0.2) is 0 Å². The Bertz CT molecular complexity index is 863. The number of hydrogen-bond donors (Lipinski definition) is 0. The molecule has 0 atom stereocenters. The zero-order valence-electron chi connectivity index (χ0n) is 13.0. The predicted octanol–water partition coefficient (Wildman–Crippen LogP) is 5.63. The van der Waals surface area contributed by atoms with E-state index < -0.39 is 11.6 Å². The van der Waals surface area contributed by atoms with E-state index >= 15 is 0 Å². The third-order valence-electron chi connectivity index (χ3n) is 4.33. The molecule has 0 fully saturated rings. The van der Waals surface area contributed by atoms with Crippen LogP contribution in [0.15, 0.2) is 42.5 Å². The van der Waals surface area contributed by atoms with Crippen molar-refractivity contribution in [3.63, 3.8) is 0 Å². The quantitative estimate of drug-likeness (QED) is 0.574. The molecular formula is C20H18F2. The van der Waals surface area contributed by atoms with Crippen molar-refractivity contribution in [3.8, 4) is 0 Å². The van der Waals surface area contributed by atoms with E-state index in [4.69, 9.17) is 0 Å². The molecule has 2 heteroatoms. The van der Waals surface area contributed by atoms with Crippen molar-refractivity contribution in [2.24, 2.45) is 0 Å². The smallest absolute Gasteiger partial charge is 0.162 e. The second-order valence-corrected chi connectivity index (χ2v) is 5.95. The van der Waals surface area contributed by atoms with Crippen LogP contribution in [0.2, 0.25) is 0 Å². The SMILES string of the molecule is Cc1cc2ccc(Cc3c(C)ccc(F)c3F)cc2cc1C. The molecule has 0 aromatic heterocycles. The molecule has 3 aromatic rings. The number of benzene rings is 3. The summed E-state index contributed by atoms with van der Waals surface area (Å²) >= 11 is 0. The molecule has 0 amide bonds. The standard InChI is InChI=1S/C20H18F2/c1-12-4-7-19(21)20(22)18(12)11-15-5-6-16-8-13(2)14(3)9-17(16)10-15/h4-10H,11H2,1-3H3. The van der Waals surface area contributed by atoms with Crippen molar-refractivity contribution in [2.75, 3.05) is 0 Å². The molecule has 112 valence electrons. The molecule has 0 N–H and O–H groups in total. The molecule has 3 aromatic carbocycles. The highest BCUT2D eigenvalue weighted by molar-refractivity contribution is 5.84. The molecule has 3 rings (SSSR count). The number of hydrogen-bond acceptors (Lipinski definition) is 0. The van der Waals surface area contributed by atoms with Crippen LogP contribution in [0.5, 0.6) is 0 Å². The van der Waals surface area contributed by atoms with Crippen LogP contribution >= 0.6 is 0 Å². The number of rotatable bonds is 2. The number of fused-ring (bicyclic) bond motifs is 1. The molecule has 22 heavy (non-hydrogen) atoms. The molecule has 0 spiro atoms. The topological polar surface area (TPSA) is 0 Å². The second-order valence-electron chi connectivity index (χ2n) is 5.95. The van der Waals surface area contributed by atoms with Crippen molar-refractivity contribution in [2.45, 2.75) is 27.2 Å². The second kappa shape index (κ2) is 5.53. The van der Waals surface area contributed by atoms with Crippen LogP contribution < -0.4 is 0 Å². The van der Waals surface area contributed by atoms with Crippen molar-refractivity contribution >= 4 is 10.8 Å². The van der Waals surface area contributed by atoms with Crippen LogP contribution in [0.25, 0.3) is 10.8 Å². The first-order valence-corrected chi connectivity index (χ1v) is 7.39. The van der Waals surface area contributed by atoms with Gasteiger partial charge in [0, 0.05) is 6.42 Å². The molecule has 0 nitrogen and oxygen atoms in total. The van der Waals surface area contributed by atoms with E-state index in [1.54, 1.807) is 6.07 Å². The summed E-state index contributed by atoms with van der Waals surface area (Å²) < 4.78 is 27.4. The summed E-state index contributed by atoms with van der Waals surface area (Å²) in [5.74, 6) is -1.52. The van der Waals surface area contributed by atoms with E-state index in [1.807, 2.05) is 19.1 Å². The number of halogens is 2. The van der Waals surface area contributed by atoms with Gasteiger partial charge in [-0.3, -0.25) is 0 Å². The molecule has 0 saturated heterocycles. The highest BCUT2D eigenvalue weighted by Crippen LogP contribution is 2.24. The van der Waals surface area contributed by atoms with Crippen LogP contribution in [0.3, 0.4) is 0 Å². The van der Waals surface area contributed by atoms with Gasteiger partial charge in [0.05, 0.1) is 0 Å². The normalized spacial score (nSPS) is 11.1. The van der Waals surface area contributed by atoms with Crippen LogP contribution in [0, 0.1) is 32.4 Å². The lowest BCUT2D eigenvalue weighted by atomic mass is 9.96. The monoisotopic (exact) mass is 296 g/mol. The van der Waals surface area contributed by atoms with Crippen LogP contribution in [-0.2, 0) is 6.42 Å². The third-order valence-corrected chi connectivity index (χ3v) is 4.33. The average molecular weight is 296 g/mol. The first kappa shape index (κ1) is 14.7. The van der Waals surface area contributed by atoms with Crippen molar-refractivity contribution in [1.82, 2.24) is 0 Å². The Morgan fingerprint density at radius 2 is 1.41 bits per heavy atom. The Morgan fingerprint density at radius 1 is 0.727 bits per heavy atom. The van der Waals surface area contributed by atoms with Gasteiger partial charge in [-0.05, 0) is 65.4 Å². The van der Waals surface area contributed by atoms with Crippen molar-refractivity contribution in [1.29, 1.82) is 0 Å². The summed E-state index contributed by atoms with van der Waals surface area (Å²) in [5, 5.41) is 2.30. The van der Waals surface area contributed by atoms with E-state index in [0.717, 1.165) is 16.5 Å². The highest BCUT2D eigenvalue weighted by Gasteiger charge is 2.12. The third kappa shape index (κ3) is 2.61. The summed E-state index contributed by atoms with van der Waals surface area (Å²) in [7, 11) is 0.